The first kappa shape index (κ1) is 24.1. The second-order valence-electron chi connectivity index (χ2n) is 7.62. The first-order valence-corrected chi connectivity index (χ1v) is 12.1. The smallest absolute Gasteiger partial charge is 0.253 e. The molecule has 1 aromatic heterocycles. The number of hydrogen-bond donors (Lipinski definition) is 2. The quantitative estimate of drug-likeness (QED) is 0.318. The number of nitrogens with one attached hydrogen (secondary N) is 2. The fraction of sp³-hybridized carbons (Fsp3) is 0.167. The van der Waals surface area contributed by atoms with Crippen LogP contribution in [0.3, 0.4) is 0 Å². The van der Waals surface area contributed by atoms with Gasteiger partial charge in [-0.3, -0.25) is 9.59 Å². The Kier molecular flexibility index (Phi) is 7.41. The largest absolute Gasteiger partial charge is 0.342 e. The normalized spacial score (nSPS) is 11.9. The summed E-state index contributed by atoms with van der Waals surface area (Å²) in [5.74, 6) is 0.223. The Morgan fingerprint density at radius 1 is 1.03 bits per heavy atom. The van der Waals surface area contributed by atoms with Gasteiger partial charge in [0.1, 0.15) is 0 Å². The van der Waals surface area contributed by atoms with Crippen LogP contribution in [-0.4, -0.2) is 32.3 Å². The predicted octanol–water partition coefficient (Wildman–Crippen LogP) is 5.50. The van der Waals surface area contributed by atoms with Crippen LogP contribution in [0.4, 0.5) is 5.69 Å². The lowest BCUT2D eigenvalue weighted by Crippen LogP contribution is -2.28. The Balaban J connectivity index is 1.35. The molecule has 0 bridgehead atoms. The van der Waals surface area contributed by atoms with Crippen LogP contribution >= 0.6 is 35.0 Å². The highest BCUT2D eigenvalue weighted by molar-refractivity contribution is 7.99. The Labute approximate surface area is 210 Å². The van der Waals surface area contributed by atoms with Crippen LogP contribution < -0.4 is 10.6 Å². The monoisotopic (exact) mass is 513 g/mol. The highest BCUT2D eigenvalue weighted by Gasteiger charge is 2.20. The zero-order valence-electron chi connectivity index (χ0n) is 18.4. The minimum atomic E-state index is -0.433. The summed E-state index contributed by atoms with van der Waals surface area (Å²) in [6, 6.07) is 18.0. The van der Waals surface area contributed by atoms with Crippen molar-refractivity contribution in [3.8, 4) is 0 Å². The van der Waals surface area contributed by atoms with Crippen molar-refractivity contribution in [1.29, 1.82) is 0 Å². The number of carbonyl (C=O) groups excluding carboxylic acids is 2. The molecule has 2 amide bonds. The standard InChI is InChI=1S/C24H21Cl2N5O2S/c1-14(27-23(33)19-10-8-17(25)12-20(19)26)22-29-30-24(31(22)2)34-13-21(32)28-18-9-7-15-5-3-4-6-16(15)11-18/h3-12,14H,13H2,1-2H3,(H,27,33)(H,28,32). The summed E-state index contributed by atoms with van der Waals surface area (Å²) in [7, 11) is 1.79. The van der Waals surface area contributed by atoms with Gasteiger partial charge in [-0.25, -0.2) is 0 Å². The van der Waals surface area contributed by atoms with Crippen molar-refractivity contribution < 1.29 is 9.59 Å². The average Bonchev–Trinajstić information content (AvgIpc) is 3.17. The van der Waals surface area contributed by atoms with Crippen molar-refractivity contribution >= 4 is 63.2 Å². The molecule has 2 N–H and O–H groups in total. The van der Waals surface area contributed by atoms with Crippen molar-refractivity contribution in [2.75, 3.05) is 11.1 Å². The van der Waals surface area contributed by atoms with Crippen molar-refractivity contribution in [3.63, 3.8) is 0 Å². The second kappa shape index (κ2) is 10.5. The van der Waals surface area contributed by atoms with Gasteiger partial charge in [0.15, 0.2) is 11.0 Å². The number of anilines is 1. The molecule has 0 radical (unpaired) electrons. The number of halogens is 2. The topological polar surface area (TPSA) is 88.9 Å². The Morgan fingerprint density at radius 3 is 2.56 bits per heavy atom. The van der Waals surface area contributed by atoms with Crippen LogP contribution in [0.1, 0.15) is 29.1 Å². The molecule has 0 fully saturated rings. The first-order valence-electron chi connectivity index (χ1n) is 10.4. The van der Waals surface area contributed by atoms with E-state index in [0.717, 1.165) is 16.5 Å². The van der Waals surface area contributed by atoms with E-state index in [0.29, 0.717) is 21.6 Å². The third kappa shape index (κ3) is 5.52. The minimum Gasteiger partial charge on any atom is -0.342 e. The van der Waals surface area contributed by atoms with E-state index in [2.05, 4.69) is 20.8 Å². The number of rotatable bonds is 7. The molecule has 1 heterocycles. The highest BCUT2D eigenvalue weighted by atomic mass is 35.5. The number of thioether (sulfide) groups is 1. The molecule has 1 unspecified atom stereocenters. The number of nitrogens with zero attached hydrogens (tertiary/aromatic N) is 3. The number of hydrogen-bond acceptors (Lipinski definition) is 5. The summed E-state index contributed by atoms with van der Waals surface area (Å²) in [5.41, 5.74) is 1.06. The summed E-state index contributed by atoms with van der Waals surface area (Å²) in [4.78, 5) is 25.1. The minimum absolute atomic E-state index is 0.149. The lowest BCUT2D eigenvalue weighted by Gasteiger charge is -2.14. The number of benzene rings is 3. The molecule has 0 aliphatic heterocycles. The van der Waals surface area contributed by atoms with E-state index < -0.39 is 6.04 Å². The molecule has 4 aromatic rings. The molecule has 1 atom stereocenters. The summed E-state index contributed by atoms with van der Waals surface area (Å²) < 4.78 is 1.75. The second-order valence-corrected chi connectivity index (χ2v) is 9.40. The van der Waals surface area contributed by atoms with Crippen LogP contribution in [0.25, 0.3) is 10.8 Å². The molecule has 0 aliphatic carbocycles. The van der Waals surface area contributed by atoms with E-state index in [4.69, 9.17) is 23.2 Å². The Hall–Kier alpha value is -3.07. The van der Waals surface area contributed by atoms with Gasteiger partial charge >= 0.3 is 0 Å². The molecule has 0 spiro atoms. The summed E-state index contributed by atoms with van der Waals surface area (Å²) in [5, 5.41) is 17.6. The lowest BCUT2D eigenvalue weighted by molar-refractivity contribution is -0.113. The lowest BCUT2D eigenvalue weighted by atomic mass is 10.1. The molecule has 7 nitrogen and oxygen atoms in total. The van der Waals surface area contributed by atoms with Crippen LogP contribution in [0.15, 0.2) is 65.8 Å². The van der Waals surface area contributed by atoms with Gasteiger partial charge in [0, 0.05) is 17.8 Å². The van der Waals surface area contributed by atoms with Crippen LogP contribution in [0.2, 0.25) is 10.0 Å². The van der Waals surface area contributed by atoms with Crippen LogP contribution in [0, 0.1) is 0 Å². The van der Waals surface area contributed by atoms with Gasteiger partial charge in [-0.1, -0.05) is 65.3 Å². The molecule has 34 heavy (non-hydrogen) atoms. The zero-order chi connectivity index (χ0) is 24.2. The van der Waals surface area contributed by atoms with E-state index in [-0.39, 0.29) is 22.6 Å². The number of carbonyl (C=O) groups is 2. The molecule has 3 aromatic carbocycles. The van der Waals surface area contributed by atoms with E-state index in [1.165, 1.54) is 17.8 Å². The van der Waals surface area contributed by atoms with E-state index >= 15 is 0 Å². The first-order chi connectivity index (χ1) is 16.3. The van der Waals surface area contributed by atoms with E-state index in [9.17, 15) is 9.59 Å². The molecule has 0 aliphatic rings. The van der Waals surface area contributed by atoms with Gasteiger partial charge in [0.2, 0.25) is 5.91 Å². The maximum Gasteiger partial charge on any atom is 0.253 e. The van der Waals surface area contributed by atoms with E-state index in [1.54, 1.807) is 30.7 Å². The summed E-state index contributed by atoms with van der Waals surface area (Å²) in [6.07, 6.45) is 0. The molecule has 4 rings (SSSR count). The van der Waals surface area contributed by atoms with Gasteiger partial charge in [-0.2, -0.15) is 0 Å². The average molecular weight is 514 g/mol. The molecular weight excluding hydrogens is 493 g/mol. The molecular formula is C24H21Cl2N5O2S. The third-order valence-electron chi connectivity index (χ3n) is 5.14. The predicted molar refractivity (Wildman–Crippen MR) is 137 cm³/mol. The number of aromatic nitrogens is 3. The highest BCUT2D eigenvalue weighted by Crippen LogP contribution is 2.24. The number of fused-ring (bicyclic) bond motifs is 1. The molecule has 174 valence electrons. The van der Waals surface area contributed by atoms with Gasteiger partial charge in [0.25, 0.3) is 5.91 Å². The van der Waals surface area contributed by atoms with Gasteiger partial charge < -0.3 is 15.2 Å². The Morgan fingerprint density at radius 2 is 1.79 bits per heavy atom. The SMILES string of the molecule is CC(NC(=O)c1ccc(Cl)cc1Cl)c1nnc(SCC(=O)Nc2ccc3ccccc3c2)n1C. The Bertz CT molecular complexity index is 1370. The van der Waals surface area contributed by atoms with Crippen molar-refractivity contribution in [1.82, 2.24) is 20.1 Å². The zero-order valence-corrected chi connectivity index (χ0v) is 20.7. The van der Waals surface area contributed by atoms with Gasteiger partial charge in [-0.15, -0.1) is 10.2 Å². The summed E-state index contributed by atoms with van der Waals surface area (Å²) >= 11 is 13.3. The van der Waals surface area contributed by atoms with Gasteiger partial charge in [0.05, 0.1) is 22.4 Å². The van der Waals surface area contributed by atoms with E-state index in [1.807, 2.05) is 42.5 Å². The van der Waals surface area contributed by atoms with Crippen LogP contribution in [0.5, 0.6) is 0 Å². The molecule has 10 heteroatoms. The van der Waals surface area contributed by atoms with Crippen molar-refractivity contribution in [2.45, 2.75) is 18.1 Å². The van der Waals surface area contributed by atoms with Crippen LogP contribution in [-0.2, 0) is 11.8 Å². The van der Waals surface area contributed by atoms with Gasteiger partial charge in [-0.05, 0) is 48.0 Å². The molecule has 0 saturated carbocycles. The maximum absolute atomic E-state index is 12.6. The van der Waals surface area contributed by atoms with Crippen molar-refractivity contribution in [2.24, 2.45) is 7.05 Å². The summed E-state index contributed by atoms with van der Waals surface area (Å²) in [6.45, 7) is 1.80. The fourth-order valence-electron chi connectivity index (χ4n) is 3.44. The fourth-order valence-corrected chi connectivity index (χ4v) is 4.65. The third-order valence-corrected chi connectivity index (χ3v) is 6.71. The molecule has 0 saturated heterocycles. The maximum atomic E-state index is 12.6. The van der Waals surface area contributed by atoms with Crippen molar-refractivity contribution in [3.05, 3.63) is 82.1 Å². The number of amides is 2.